The maximum absolute atomic E-state index is 13.0. The zero-order valence-electron chi connectivity index (χ0n) is 10.2. The molecule has 0 spiro atoms. The van der Waals surface area contributed by atoms with Crippen LogP contribution < -0.4 is 10.5 Å². The van der Waals surface area contributed by atoms with E-state index >= 15 is 0 Å². The first-order valence-electron chi connectivity index (χ1n) is 5.84. The smallest absolute Gasteiger partial charge is 0.138 e. The van der Waals surface area contributed by atoms with Gasteiger partial charge in [0.2, 0.25) is 0 Å². The molecule has 0 saturated carbocycles. The molecule has 94 valence electrons. The van der Waals surface area contributed by atoms with Crippen LogP contribution >= 0.6 is 0 Å². The zero-order valence-corrected chi connectivity index (χ0v) is 10.2. The molecule has 2 aromatic rings. The molecule has 18 heavy (non-hydrogen) atoms. The third-order valence-electron chi connectivity index (χ3n) is 2.51. The van der Waals surface area contributed by atoms with Crippen LogP contribution in [0.15, 0.2) is 36.7 Å². The van der Waals surface area contributed by atoms with Crippen LogP contribution in [0.1, 0.15) is 13.3 Å². The van der Waals surface area contributed by atoms with Gasteiger partial charge in [-0.25, -0.2) is 4.39 Å². The average molecular weight is 246 g/mol. The molecule has 0 saturated heterocycles. The number of halogens is 1. The highest BCUT2D eigenvalue weighted by atomic mass is 19.1. The molecule has 0 radical (unpaired) electrons. The molecule has 4 heteroatoms. The molecule has 0 atom stereocenters. The van der Waals surface area contributed by atoms with Gasteiger partial charge in [-0.15, -0.1) is 0 Å². The summed E-state index contributed by atoms with van der Waals surface area (Å²) in [6, 6.07) is 6.18. The lowest BCUT2D eigenvalue weighted by Gasteiger charge is -2.08. The summed E-state index contributed by atoms with van der Waals surface area (Å²) in [5, 5.41) is 0. The van der Waals surface area contributed by atoms with Crippen molar-refractivity contribution in [3.63, 3.8) is 0 Å². The highest BCUT2D eigenvalue weighted by molar-refractivity contribution is 5.76. The summed E-state index contributed by atoms with van der Waals surface area (Å²) in [6.45, 7) is 2.68. The Balaban J connectivity index is 2.32. The van der Waals surface area contributed by atoms with Crippen molar-refractivity contribution in [2.45, 2.75) is 13.3 Å². The van der Waals surface area contributed by atoms with Gasteiger partial charge in [0.1, 0.15) is 11.6 Å². The van der Waals surface area contributed by atoms with Gasteiger partial charge in [-0.1, -0.05) is 6.92 Å². The van der Waals surface area contributed by atoms with Gasteiger partial charge in [-0.05, 0) is 30.7 Å². The maximum Gasteiger partial charge on any atom is 0.138 e. The summed E-state index contributed by atoms with van der Waals surface area (Å²) in [6.07, 6.45) is 4.27. The lowest BCUT2D eigenvalue weighted by molar-refractivity contribution is 0.316. The van der Waals surface area contributed by atoms with E-state index < -0.39 is 0 Å². The highest BCUT2D eigenvalue weighted by Gasteiger charge is 2.05. The van der Waals surface area contributed by atoms with E-state index in [1.807, 2.05) is 13.0 Å². The zero-order chi connectivity index (χ0) is 13.0. The number of rotatable bonds is 4. The molecule has 0 amide bonds. The van der Waals surface area contributed by atoms with E-state index in [4.69, 9.17) is 10.5 Å². The first-order chi connectivity index (χ1) is 8.70. The fraction of sp³-hybridized carbons (Fsp3) is 0.214. The predicted octanol–water partition coefficient (Wildman–Crippen LogP) is 3.26. The number of hydrogen-bond donors (Lipinski definition) is 1. The van der Waals surface area contributed by atoms with Gasteiger partial charge in [0.15, 0.2) is 0 Å². The number of nitrogen functional groups attached to an aromatic ring is 1. The SMILES string of the molecule is CCCOc1cncc(-c2ccc(F)cc2N)c1. The van der Waals surface area contributed by atoms with E-state index in [1.54, 1.807) is 18.5 Å². The average Bonchev–Trinajstić information content (AvgIpc) is 2.36. The maximum atomic E-state index is 13.0. The molecule has 2 rings (SSSR count). The van der Waals surface area contributed by atoms with Crippen LogP contribution in [0.4, 0.5) is 10.1 Å². The standard InChI is InChI=1S/C14H15FN2O/c1-2-5-18-12-6-10(8-17-9-12)13-4-3-11(15)7-14(13)16/h3-4,6-9H,2,5,16H2,1H3. The third-order valence-corrected chi connectivity index (χ3v) is 2.51. The van der Waals surface area contributed by atoms with E-state index in [2.05, 4.69) is 4.98 Å². The van der Waals surface area contributed by atoms with Crippen LogP contribution in [0.25, 0.3) is 11.1 Å². The van der Waals surface area contributed by atoms with E-state index in [9.17, 15) is 4.39 Å². The number of nitrogens with two attached hydrogens (primary N) is 1. The molecule has 1 heterocycles. The minimum Gasteiger partial charge on any atom is -0.492 e. The predicted molar refractivity (Wildman–Crippen MR) is 69.8 cm³/mol. The third kappa shape index (κ3) is 2.77. The number of nitrogens with zero attached hydrogens (tertiary/aromatic N) is 1. The Morgan fingerprint density at radius 1 is 1.28 bits per heavy atom. The molecule has 1 aromatic carbocycles. The Hall–Kier alpha value is -2.10. The Morgan fingerprint density at radius 2 is 2.11 bits per heavy atom. The number of hydrogen-bond acceptors (Lipinski definition) is 3. The number of pyridine rings is 1. The first-order valence-corrected chi connectivity index (χ1v) is 5.84. The fourth-order valence-corrected chi connectivity index (χ4v) is 1.66. The van der Waals surface area contributed by atoms with Crippen molar-refractivity contribution in [3.8, 4) is 16.9 Å². The highest BCUT2D eigenvalue weighted by Crippen LogP contribution is 2.28. The van der Waals surface area contributed by atoms with Gasteiger partial charge in [0.25, 0.3) is 0 Å². The van der Waals surface area contributed by atoms with Crippen molar-refractivity contribution >= 4 is 5.69 Å². The van der Waals surface area contributed by atoms with Crippen LogP contribution in [0, 0.1) is 5.82 Å². The second-order valence-corrected chi connectivity index (χ2v) is 3.99. The second-order valence-electron chi connectivity index (χ2n) is 3.99. The monoisotopic (exact) mass is 246 g/mol. The van der Waals surface area contributed by atoms with Crippen molar-refractivity contribution in [2.24, 2.45) is 0 Å². The Bertz CT molecular complexity index is 543. The number of benzene rings is 1. The van der Waals surface area contributed by atoms with Gasteiger partial charge < -0.3 is 10.5 Å². The quantitative estimate of drug-likeness (QED) is 0.842. The number of aromatic nitrogens is 1. The van der Waals surface area contributed by atoms with Crippen molar-refractivity contribution in [1.82, 2.24) is 4.98 Å². The van der Waals surface area contributed by atoms with E-state index in [-0.39, 0.29) is 5.82 Å². The van der Waals surface area contributed by atoms with Crippen LogP contribution in [0.3, 0.4) is 0 Å². The van der Waals surface area contributed by atoms with Crippen molar-refractivity contribution in [1.29, 1.82) is 0 Å². The molecule has 0 bridgehead atoms. The number of ether oxygens (including phenoxy) is 1. The van der Waals surface area contributed by atoms with E-state index in [0.717, 1.165) is 17.5 Å². The van der Waals surface area contributed by atoms with Crippen LogP contribution in [0.5, 0.6) is 5.75 Å². The summed E-state index contributed by atoms with van der Waals surface area (Å²) in [7, 11) is 0. The second kappa shape index (κ2) is 5.49. The van der Waals surface area contributed by atoms with Gasteiger partial charge in [-0.3, -0.25) is 4.98 Å². The molecular weight excluding hydrogens is 231 g/mol. The summed E-state index contributed by atoms with van der Waals surface area (Å²) in [5.41, 5.74) is 7.76. The summed E-state index contributed by atoms with van der Waals surface area (Å²) >= 11 is 0. The van der Waals surface area contributed by atoms with Crippen molar-refractivity contribution in [2.75, 3.05) is 12.3 Å². The first kappa shape index (κ1) is 12.4. The Morgan fingerprint density at radius 3 is 2.83 bits per heavy atom. The fourth-order valence-electron chi connectivity index (χ4n) is 1.66. The molecule has 0 aliphatic heterocycles. The summed E-state index contributed by atoms with van der Waals surface area (Å²) < 4.78 is 18.5. The molecule has 0 fully saturated rings. The minimum absolute atomic E-state index is 0.345. The van der Waals surface area contributed by atoms with Crippen LogP contribution in [0.2, 0.25) is 0 Å². The van der Waals surface area contributed by atoms with Crippen LogP contribution in [-0.4, -0.2) is 11.6 Å². The largest absolute Gasteiger partial charge is 0.492 e. The van der Waals surface area contributed by atoms with Gasteiger partial charge in [0, 0.05) is 23.0 Å². The molecule has 2 N–H and O–H groups in total. The molecule has 0 aliphatic carbocycles. The minimum atomic E-state index is -0.345. The summed E-state index contributed by atoms with van der Waals surface area (Å²) in [5.74, 6) is 0.348. The lowest BCUT2D eigenvalue weighted by Crippen LogP contribution is -1.96. The number of anilines is 1. The van der Waals surface area contributed by atoms with E-state index in [0.29, 0.717) is 18.0 Å². The topological polar surface area (TPSA) is 48.1 Å². The molecule has 3 nitrogen and oxygen atoms in total. The van der Waals surface area contributed by atoms with Crippen molar-refractivity contribution in [3.05, 3.63) is 42.5 Å². The molecule has 0 aliphatic rings. The Kier molecular flexibility index (Phi) is 3.77. The van der Waals surface area contributed by atoms with E-state index in [1.165, 1.54) is 12.1 Å². The van der Waals surface area contributed by atoms with Gasteiger partial charge in [-0.2, -0.15) is 0 Å². The van der Waals surface area contributed by atoms with Gasteiger partial charge >= 0.3 is 0 Å². The molecule has 0 unspecified atom stereocenters. The van der Waals surface area contributed by atoms with Gasteiger partial charge in [0.05, 0.1) is 12.8 Å². The van der Waals surface area contributed by atoms with Crippen molar-refractivity contribution < 1.29 is 9.13 Å². The summed E-state index contributed by atoms with van der Waals surface area (Å²) in [4.78, 5) is 4.10. The lowest BCUT2D eigenvalue weighted by atomic mass is 10.1. The van der Waals surface area contributed by atoms with Crippen LogP contribution in [-0.2, 0) is 0 Å². The Labute approximate surface area is 105 Å². The molecular formula is C14H15FN2O. The normalized spacial score (nSPS) is 10.3. The molecule has 1 aromatic heterocycles.